The van der Waals surface area contributed by atoms with Gasteiger partial charge in [0, 0.05) is 19.7 Å². The second-order valence-electron chi connectivity index (χ2n) is 6.55. The maximum absolute atomic E-state index is 12.4. The van der Waals surface area contributed by atoms with Gasteiger partial charge >= 0.3 is 0 Å². The van der Waals surface area contributed by atoms with Crippen LogP contribution in [0.3, 0.4) is 0 Å². The summed E-state index contributed by atoms with van der Waals surface area (Å²) in [6, 6.07) is 7.50. The van der Waals surface area contributed by atoms with Crippen molar-refractivity contribution in [2.24, 2.45) is 5.92 Å². The van der Waals surface area contributed by atoms with Gasteiger partial charge in [0.05, 0.1) is 22.7 Å². The lowest BCUT2D eigenvalue weighted by Gasteiger charge is -2.29. The zero-order chi connectivity index (χ0) is 19.0. The molecular formula is C18H25Cl2N3O2. The number of hydrogen-bond donors (Lipinski definition) is 2. The predicted octanol–water partition coefficient (Wildman–Crippen LogP) is 3.23. The Kier molecular flexibility index (Phi) is 8.67. The lowest BCUT2D eigenvalue weighted by molar-refractivity contribution is -0.124. The Bertz CT molecular complexity index is 631. The van der Waals surface area contributed by atoms with Crippen molar-refractivity contribution in [3.63, 3.8) is 0 Å². The van der Waals surface area contributed by atoms with E-state index in [0.29, 0.717) is 29.6 Å². The molecule has 0 aliphatic carbocycles. The lowest BCUT2D eigenvalue weighted by Crippen LogP contribution is -2.51. The number of nitrogens with zero attached hydrogens (tertiary/aromatic N) is 2. The number of carbonyl (C=O) groups excluding carboxylic acids is 1. The van der Waals surface area contributed by atoms with E-state index in [9.17, 15) is 10.1 Å². The van der Waals surface area contributed by atoms with Crippen LogP contribution in [0.1, 0.15) is 32.8 Å². The second kappa shape index (κ2) is 9.98. The molecular weight excluding hydrogens is 361 g/mol. The third-order valence-electron chi connectivity index (χ3n) is 4.18. The number of aliphatic hydroxyl groups excluding tert-OH is 1. The molecule has 0 aliphatic rings. The third kappa shape index (κ3) is 6.83. The maximum atomic E-state index is 12.4. The van der Waals surface area contributed by atoms with Gasteiger partial charge in [0.15, 0.2) is 0 Å². The molecule has 0 saturated carbocycles. The van der Waals surface area contributed by atoms with E-state index in [2.05, 4.69) is 11.4 Å². The van der Waals surface area contributed by atoms with Crippen molar-refractivity contribution in [1.29, 1.82) is 5.26 Å². The first-order chi connectivity index (χ1) is 11.7. The first-order valence-corrected chi connectivity index (χ1v) is 8.97. The highest BCUT2D eigenvalue weighted by Gasteiger charge is 2.30. The fourth-order valence-electron chi connectivity index (χ4n) is 2.24. The fraction of sp³-hybridized carbons (Fsp3) is 0.556. The van der Waals surface area contributed by atoms with Crippen LogP contribution >= 0.6 is 23.2 Å². The molecule has 5 nitrogen and oxygen atoms in total. The van der Waals surface area contributed by atoms with E-state index in [1.54, 1.807) is 19.1 Å². The molecule has 138 valence electrons. The summed E-state index contributed by atoms with van der Waals surface area (Å²) in [5.41, 5.74) is 0.00981. The van der Waals surface area contributed by atoms with Crippen molar-refractivity contribution in [2.45, 2.75) is 39.3 Å². The van der Waals surface area contributed by atoms with Crippen LogP contribution in [0, 0.1) is 17.2 Å². The van der Waals surface area contributed by atoms with E-state index in [1.807, 2.05) is 24.8 Å². The zero-order valence-electron chi connectivity index (χ0n) is 14.9. The molecule has 25 heavy (non-hydrogen) atoms. The van der Waals surface area contributed by atoms with Crippen LogP contribution in [0.5, 0.6) is 0 Å². The molecule has 1 unspecified atom stereocenters. The molecule has 1 aromatic rings. The highest BCUT2D eigenvalue weighted by molar-refractivity contribution is 6.42. The summed E-state index contributed by atoms with van der Waals surface area (Å²) in [5.74, 6) is -0.238. The van der Waals surface area contributed by atoms with E-state index < -0.39 is 5.54 Å². The number of halogens is 2. The van der Waals surface area contributed by atoms with Crippen molar-refractivity contribution in [3.05, 3.63) is 33.8 Å². The monoisotopic (exact) mass is 385 g/mol. The van der Waals surface area contributed by atoms with E-state index in [-0.39, 0.29) is 25.0 Å². The number of benzene rings is 1. The van der Waals surface area contributed by atoms with Crippen LogP contribution in [0.2, 0.25) is 10.0 Å². The molecule has 0 fully saturated rings. The molecule has 0 aromatic heterocycles. The van der Waals surface area contributed by atoms with Gasteiger partial charge in [-0.2, -0.15) is 5.26 Å². The minimum Gasteiger partial charge on any atom is -0.396 e. The van der Waals surface area contributed by atoms with Crippen LogP contribution in [-0.2, 0) is 11.3 Å². The van der Waals surface area contributed by atoms with Gasteiger partial charge in [0.1, 0.15) is 5.54 Å². The van der Waals surface area contributed by atoms with Gasteiger partial charge < -0.3 is 10.4 Å². The van der Waals surface area contributed by atoms with Gasteiger partial charge in [0.2, 0.25) is 5.91 Å². The van der Waals surface area contributed by atoms with Crippen molar-refractivity contribution in [3.8, 4) is 6.07 Å². The molecule has 2 N–H and O–H groups in total. The number of nitriles is 1. The second-order valence-corrected chi connectivity index (χ2v) is 7.37. The minimum atomic E-state index is -0.913. The van der Waals surface area contributed by atoms with Gasteiger partial charge in [0.25, 0.3) is 0 Å². The molecule has 0 spiro atoms. The van der Waals surface area contributed by atoms with Crippen molar-refractivity contribution in [2.75, 3.05) is 19.7 Å². The lowest BCUT2D eigenvalue weighted by atomic mass is 9.90. The molecule has 0 heterocycles. The third-order valence-corrected chi connectivity index (χ3v) is 4.91. The number of nitrogens with one attached hydrogen (secondary N) is 1. The standard InChI is InChI=1S/C18H25Cl2N3O2/c1-13(2)18(3,12-21)22-17(25)11-23(7-4-8-24)10-14-5-6-15(19)16(20)9-14/h5-6,9,13,24H,4,7-8,10-11H2,1-3H3,(H,22,25). The molecule has 0 saturated heterocycles. The van der Waals surface area contributed by atoms with Crippen LogP contribution in [0.4, 0.5) is 0 Å². The number of amides is 1. The molecule has 0 bridgehead atoms. The first kappa shape index (κ1) is 21.7. The van der Waals surface area contributed by atoms with Crippen molar-refractivity contribution >= 4 is 29.1 Å². The number of carbonyl (C=O) groups is 1. The SMILES string of the molecule is CC(C)C(C)(C#N)NC(=O)CN(CCCO)Cc1ccc(Cl)c(Cl)c1. The average Bonchev–Trinajstić information content (AvgIpc) is 2.55. The summed E-state index contributed by atoms with van der Waals surface area (Å²) in [5, 5.41) is 22.2. The predicted molar refractivity (Wildman–Crippen MR) is 100 cm³/mol. The number of rotatable bonds is 9. The Morgan fingerprint density at radius 2 is 2.08 bits per heavy atom. The van der Waals surface area contributed by atoms with Gasteiger partial charge in [-0.05, 0) is 37.0 Å². The van der Waals surface area contributed by atoms with E-state index in [0.717, 1.165) is 5.56 Å². The number of hydrogen-bond acceptors (Lipinski definition) is 4. The maximum Gasteiger partial charge on any atom is 0.235 e. The summed E-state index contributed by atoms with van der Waals surface area (Å²) in [4.78, 5) is 14.3. The Hall–Kier alpha value is -1.32. The smallest absolute Gasteiger partial charge is 0.235 e. The fourth-order valence-corrected chi connectivity index (χ4v) is 2.56. The molecule has 0 aliphatic heterocycles. The minimum absolute atomic E-state index is 0.0117. The Morgan fingerprint density at radius 3 is 2.60 bits per heavy atom. The summed E-state index contributed by atoms with van der Waals surface area (Å²) >= 11 is 12.0. The highest BCUT2D eigenvalue weighted by atomic mass is 35.5. The average molecular weight is 386 g/mol. The van der Waals surface area contributed by atoms with Crippen LogP contribution in [0.15, 0.2) is 18.2 Å². The summed E-state index contributed by atoms with van der Waals surface area (Å²) in [6.07, 6.45) is 0.550. The summed E-state index contributed by atoms with van der Waals surface area (Å²) in [7, 11) is 0. The van der Waals surface area contributed by atoms with Crippen molar-refractivity contribution < 1.29 is 9.90 Å². The Labute approximate surface area is 159 Å². The van der Waals surface area contributed by atoms with Crippen LogP contribution in [-0.4, -0.2) is 41.1 Å². The van der Waals surface area contributed by atoms with E-state index in [4.69, 9.17) is 28.3 Å². The van der Waals surface area contributed by atoms with Gasteiger partial charge in [-0.15, -0.1) is 0 Å². The molecule has 1 atom stereocenters. The molecule has 1 aromatic carbocycles. The largest absolute Gasteiger partial charge is 0.396 e. The molecule has 1 rings (SSSR count). The number of aliphatic hydroxyl groups is 1. The van der Waals surface area contributed by atoms with Gasteiger partial charge in [-0.25, -0.2) is 0 Å². The molecule has 7 heteroatoms. The van der Waals surface area contributed by atoms with Crippen LogP contribution in [0.25, 0.3) is 0 Å². The quantitative estimate of drug-likeness (QED) is 0.683. The van der Waals surface area contributed by atoms with E-state index >= 15 is 0 Å². The molecule has 1 amide bonds. The normalized spacial score (nSPS) is 13.6. The zero-order valence-corrected chi connectivity index (χ0v) is 16.4. The van der Waals surface area contributed by atoms with E-state index in [1.165, 1.54) is 0 Å². The van der Waals surface area contributed by atoms with Crippen molar-refractivity contribution in [1.82, 2.24) is 10.2 Å². The Morgan fingerprint density at radius 1 is 1.40 bits per heavy atom. The first-order valence-electron chi connectivity index (χ1n) is 8.21. The topological polar surface area (TPSA) is 76.4 Å². The highest BCUT2D eigenvalue weighted by Crippen LogP contribution is 2.23. The summed E-state index contributed by atoms with van der Waals surface area (Å²) in [6.45, 7) is 6.72. The summed E-state index contributed by atoms with van der Waals surface area (Å²) < 4.78 is 0. The van der Waals surface area contributed by atoms with Crippen LogP contribution < -0.4 is 5.32 Å². The van der Waals surface area contributed by atoms with Gasteiger partial charge in [-0.3, -0.25) is 9.69 Å². The Balaban J connectivity index is 2.79. The molecule has 0 radical (unpaired) electrons. The van der Waals surface area contributed by atoms with Gasteiger partial charge in [-0.1, -0.05) is 43.1 Å².